The highest BCUT2D eigenvalue weighted by Gasteiger charge is 2.17. The van der Waals surface area contributed by atoms with Crippen molar-refractivity contribution < 1.29 is 0 Å². The molecule has 0 unspecified atom stereocenters. The van der Waals surface area contributed by atoms with Crippen molar-refractivity contribution in [3.63, 3.8) is 0 Å². The van der Waals surface area contributed by atoms with Gasteiger partial charge in [0.25, 0.3) is 0 Å². The summed E-state index contributed by atoms with van der Waals surface area (Å²) in [4.78, 5) is 7.00. The fraction of sp³-hybridized carbons (Fsp3) is 0. The lowest BCUT2D eigenvalue weighted by Crippen LogP contribution is -2.27. The van der Waals surface area contributed by atoms with Crippen LogP contribution in [0.15, 0.2) is 6.20 Å². The quantitative estimate of drug-likeness (QED) is 0.467. The fourth-order valence-electron chi connectivity index (χ4n) is 2.11. The average molecular weight is 224 g/mol. The molecule has 2 aromatic rings. The molecule has 82 valence electrons. The smallest absolute Gasteiger partial charge is 0.111 e. The van der Waals surface area contributed by atoms with Gasteiger partial charge in [-0.25, -0.2) is 0 Å². The Balaban J connectivity index is 2.74. The van der Waals surface area contributed by atoms with Crippen molar-refractivity contribution in [3.8, 4) is 6.07 Å². The second-order valence-corrected chi connectivity index (χ2v) is 3.80. The molecule has 17 heavy (non-hydrogen) atoms. The normalized spacial score (nSPS) is 13.6. The SMILES string of the molecule is N#CC1=c2c(ncc3c(N)[nH]c(N)c23)=CC1=N. The van der Waals surface area contributed by atoms with Crippen molar-refractivity contribution in [2.75, 3.05) is 11.5 Å². The molecule has 6 heteroatoms. The Hall–Kier alpha value is -2.81. The second-order valence-electron chi connectivity index (χ2n) is 3.80. The van der Waals surface area contributed by atoms with Crippen molar-refractivity contribution in [3.05, 3.63) is 16.8 Å². The Morgan fingerprint density at radius 3 is 2.82 bits per heavy atom. The number of hydrogen-bond donors (Lipinski definition) is 4. The highest BCUT2D eigenvalue weighted by atomic mass is 14.9. The molecule has 6 nitrogen and oxygen atoms in total. The third-order valence-corrected chi connectivity index (χ3v) is 2.85. The van der Waals surface area contributed by atoms with Gasteiger partial charge in [0, 0.05) is 22.2 Å². The van der Waals surface area contributed by atoms with Gasteiger partial charge in [-0.3, -0.25) is 10.4 Å². The summed E-state index contributed by atoms with van der Waals surface area (Å²) in [6.07, 6.45) is 3.15. The van der Waals surface area contributed by atoms with Crippen LogP contribution >= 0.6 is 0 Å². The zero-order valence-electron chi connectivity index (χ0n) is 8.70. The lowest BCUT2D eigenvalue weighted by atomic mass is 10.1. The van der Waals surface area contributed by atoms with Gasteiger partial charge < -0.3 is 16.5 Å². The molecule has 0 bridgehead atoms. The molecule has 0 saturated carbocycles. The molecule has 0 saturated heterocycles. The number of nitriles is 1. The first-order valence-corrected chi connectivity index (χ1v) is 4.90. The molecule has 0 spiro atoms. The maximum absolute atomic E-state index is 9.08. The van der Waals surface area contributed by atoms with Crippen LogP contribution in [-0.2, 0) is 0 Å². The Labute approximate surface area is 95.4 Å². The van der Waals surface area contributed by atoms with E-state index in [1.807, 2.05) is 6.07 Å². The molecule has 0 fully saturated rings. The van der Waals surface area contributed by atoms with Gasteiger partial charge in [0.1, 0.15) is 17.7 Å². The molecule has 2 aromatic heterocycles. The molecule has 2 heterocycles. The largest absolute Gasteiger partial charge is 0.385 e. The molecule has 1 aliphatic carbocycles. The van der Waals surface area contributed by atoms with Crippen LogP contribution in [0.1, 0.15) is 0 Å². The zero-order valence-corrected chi connectivity index (χ0v) is 8.70. The maximum Gasteiger partial charge on any atom is 0.111 e. The van der Waals surface area contributed by atoms with Crippen molar-refractivity contribution in [1.29, 1.82) is 10.7 Å². The standard InChI is InChI=1S/C11H8N6/c12-2-4-6(13)1-7-8(4)9-5(3-16-7)10(14)17-11(9)15/h1,3,13,17H,14-15H2. The van der Waals surface area contributed by atoms with Gasteiger partial charge in [0.05, 0.1) is 16.6 Å². The minimum atomic E-state index is 0.154. The van der Waals surface area contributed by atoms with E-state index in [1.54, 1.807) is 12.3 Å². The van der Waals surface area contributed by atoms with Crippen LogP contribution in [0.25, 0.3) is 22.4 Å². The summed E-state index contributed by atoms with van der Waals surface area (Å²) in [5, 5.41) is 19.3. The van der Waals surface area contributed by atoms with E-state index in [1.165, 1.54) is 0 Å². The molecular weight excluding hydrogens is 216 g/mol. The van der Waals surface area contributed by atoms with E-state index in [0.717, 1.165) is 0 Å². The van der Waals surface area contributed by atoms with E-state index in [0.29, 0.717) is 33.0 Å². The predicted octanol–water partition coefficient (Wildman–Crippen LogP) is -0.785. The summed E-state index contributed by atoms with van der Waals surface area (Å²) in [7, 11) is 0. The predicted molar refractivity (Wildman–Crippen MR) is 65.4 cm³/mol. The maximum atomic E-state index is 9.08. The Morgan fingerprint density at radius 2 is 2.12 bits per heavy atom. The first-order chi connectivity index (χ1) is 8.13. The summed E-state index contributed by atoms with van der Waals surface area (Å²) in [5.41, 5.74) is 12.0. The summed E-state index contributed by atoms with van der Waals surface area (Å²) < 4.78 is 0. The second kappa shape index (κ2) is 2.86. The van der Waals surface area contributed by atoms with Crippen molar-refractivity contribution >= 4 is 39.8 Å². The van der Waals surface area contributed by atoms with E-state index < -0.39 is 0 Å². The number of hydrogen-bond acceptors (Lipinski definition) is 5. The van der Waals surface area contributed by atoms with Gasteiger partial charge in [0.15, 0.2) is 0 Å². The number of fused-ring (bicyclic) bond motifs is 3. The Morgan fingerprint density at radius 1 is 1.35 bits per heavy atom. The minimum Gasteiger partial charge on any atom is -0.385 e. The fourth-order valence-corrected chi connectivity index (χ4v) is 2.11. The number of H-pyrrole nitrogens is 1. The van der Waals surface area contributed by atoms with E-state index >= 15 is 0 Å². The van der Waals surface area contributed by atoms with Gasteiger partial charge in [-0.05, 0) is 6.08 Å². The van der Waals surface area contributed by atoms with E-state index in [4.69, 9.17) is 22.1 Å². The highest BCUT2D eigenvalue weighted by molar-refractivity contribution is 6.38. The van der Waals surface area contributed by atoms with E-state index in [-0.39, 0.29) is 11.3 Å². The van der Waals surface area contributed by atoms with Gasteiger partial charge in [-0.1, -0.05) is 0 Å². The molecule has 3 rings (SSSR count). The van der Waals surface area contributed by atoms with Crippen molar-refractivity contribution in [2.24, 2.45) is 0 Å². The topological polar surface area (TPSA) is 128 Å². The molecule has 0 radical (unpaired) electrons. The molecule has 6 N–H and O–H groups in total. The first-order valence-electron chi connectivity index (χ1n) is 4.90. The number of aromatic nitrogens is 2. The number of nitrogens with two attached hydrogens (primary N) is 2. The monoisotopic (exact) mass is 224 g/mol. The zero-order chi connectivity index (χ0) is 12.2. The number of aromatic amines is 1. The highest BCUT2D eigenvalue weighted by Crippen LogP contribution is 2.22. The van der Waals surface area contributed by atoms with E-state index in [9.17, 15) is 0 Å². The van der Waals surface area contributed by atoms with Crippen LogP contribution in [0, 0.1) is 16.7 Å². The van der Waals surface area contributed by atoms with Crippen LogP contribution in [0.5, 0.6) is 0 Å². The van der Waals surface area contributed by atoms with Crippen molar-refractivity contribution in [2.45, 2.75) is 0 Å². The summed E-state index contributed by atoms with van der Waals surface area (Å²) in [5.74, 6) is 0.815. The molecule has 0 amide bonds. The van der Waals surface area contributed by atoms with Crippen LogP contribution in [-0.4, -0.2) is 15.7 Å². The van der Waals surface area contributed by atoms with Crippen LogP contribution < -0.4 is 22.0 Å². The van der Waals surface area contributed by atoms with Crippen LogP contribution in [0.4, 0.5) is 11.6 Å². The molecule has 0 aliphatic heterocycles. The summed E-state index contributed by atoms with van der Waals surface area (Å²) >= 11 is 0. The molecule has 0 atom stereocenters. The molecule has 1 aliphatic rings. The van der Waals surface area contributed by atoms with Gasteiger partial charge in [-0.15, -0.1) is 0 Å². The lowest BCUT2D eigenvalue weighted by molar-refractivity contribution is 1.27. The van der Waals surface area contributed by atoms with Crippen molar-refractivity contribution in [1.82, 2.24) is 9.97 Å². The number of rotatable bonds is 0. The number of nitrogens with one attached hydrogen (secondary N) is 2. The molecular formula is C11H8N6. The minimum absolute atomic E-state index is 0.154. The van der Waals surface area contributed by atoms with E-state index in [2.05, 4.69) is 9.97 Å². The van der Waals surface area contributed by atoms with Gasteiger partial charge in [-0.2, -0.15) is 5.26 Å². The van der Waals surface area contributed by atoms with Crippen LogP contribution in [0.3, 0.4) is 0 Å². The summed E-state index contributed by atoms with van der Waals surface area (Å²) in [6, 6.07) is 2.01. The van der Waals surface area contributed by atoms with Gasteiger partial charge in [0.2, 0.25) is 0 Å². The number of pyridine rings is 1. The number of nitrogen functional groups attached to an aromatic ring is 2. The number of anilines is 2. The third kappa shape index (κ3) is 1.02. The average Bonchev–Trinajstić information content (AvgIpc) is 2.75. The summed E-state index contributed by atoms with van der Waals surface area (Å²) in [6.45, 7) is 0. The third-order valence-electron chi connectivity index (χ3n) is 2.85. The van der Waals surface area contributed by atoms with Crippen LogP contribution in [0.2, 0.25) is 0 Å². The Kier molecular flexibility index (Phi) is 1.58. The lowest BCUT2D eigenvalue weighted by Gasteiger charge is -1.93. The number of nitrogens with zero attached hydrogens (tertiary/aromatic N) is 2. The van der Waals surface area contributed by atoms with Gasteiger partial charge >= 0.3 is 0 Å². The first kappa shape index (κ1) is 9.42. The Bertz CT molecular complexity index is 833. The molecule has 0 aromatic carbocycles.